The minimum atomic E-state index is -2.12. The standard InChI is InChI=1S/C23H37BrN2O3S/c1-17(2)29-22-7-8-23(24)20(16-22)15-19-10-13-26(14-11-19)12-9-18-3-5-21(6-4-18)25-30(27)28/h7-8,16-19,21,25H,3-6,9-15H2,1-2H3,(H,27,28)/p-1. The number of nitrogens with one attached hydrogen (secondary N) is 1. The molecule has 0 aromatic heterocycles. The van der Waals surface area contributed by atoms with Crippen LogP contribution in [-0.4, -0.2) is 45.4 Å². The normalized spacial score (nSPS) is 24.8. The summed E-state index contributed by atoms with van der Waals surface area (Å²) in [7, 11) is 0. The Labute approximate surface area is 192 Å². The quantitative estimate of drug-likeness (QED) is 0.494. The molecule has 5 nitrogen and oxygen atoms in total. The summed E-state index contributed by atoms with van der Waals surface area (Å²) >= 11 is 1.59. The Hall–Kier alpha value is -0.470. The van der Waals surface area contributed by atoms with Crippen LogP contribution in [0.5, 0.6) is 5.75 Å². The maximum absolute atomic E-state index is 10.8. The molecule has 0 spiro atoms. The van der Waals surface area contributed by atoms with Gasteiger partial charge < -0.3 is 14.2 Å². The highest BCUT2D eigenvalue weighted by atomic mass is 79.9. The molecule has 2 fully saturated rings. The van der Waals surface area contributed by atoms with Crippen molar-refractivity contribution in [2.75, 3.05) is 19.6 Å². The van der Waals surface area contributed by atoms with E-state index in [9.17, 15) is 8.76 Å². The van der Waals surface area contributed by atoms with Gasteiger partial charge in [-0.25, -0.2) is 4.72 Å². The summed E-state index contributed by atoms with van der Waals surface area (Å²) in [5.74, 6) is 2.45. The summed E-state index contributed by atoms with van der Waals surface area (Å²) in [6.07, 6.45) is 9.33. The molecular formula is C23H36BrN2O3S-. The average molecular weight is 501 g/mol. The number of halogens is 1. The van der Waals surface area contributed by atoms with Crippen molar-refractivity contribution in [3.8, 4) is 5.75 Å². The van der Waals surface area contributed by atoms with Crippen LogP contribution in [0, 0.1) is 11.8 Å². The minimum absolute atomic E-state index is 0.152. The monoisotopic (exact) mass is 499 g/mol. The molecule has 1 unspecified atom stereocenters. The van der Waals surface area contributed by atoms with Crippen LogP contribution in [0.15, 0.2) is 22.7 Å². The molecule has 1 saturated carbocycles. The maximum atomic E-state index is 10.8. The Bertz CT molecular complexity index is 687. The lowest BCUT2D eigenvalue weighted by atomic mass is 9.84. The number of ether oxygens (including phenoxy) is 1. The zero-order chi connectivity index (χ0) is 21.5. The van der Waals surface area contributed by atoms with Crippen LogP contribution in [-0.2, 0) is 17.7 Å². The van der Waals surface area contributed by atoms with E-state index in [0.29, 0.717) is 0 Å². The highest BCUT2D eigenvalue weighted by Gasteiger charge is 2.24. The van der Waals surface area contributed by atoms with Gasteiger partial charge in [0.25, 0.3) is 0 Å². The van der Waals surface area contributed by atoms with E-state index in [-0.39, 0.29) is 12.1 Å². The number of hydrogen-bond donors (Lipinski definition) is 1. The van der Waals surface area contributed by atoms with Crippen molar-refractivity contribution in [1.82, 2.24) is 9.62 Å². The van der Waals surface area contributed by atoms with Crippen LogP contribution in [0.4, 0.5) is 0 Å². The fourth-order valence-electron chi connectivity index (χ4n) is 4.85. The van der Waals surface area contributed by atoms with Crippen molar-refractivity contribution >= 4 is 27.2 Å². The Morgan fingerprint density at radius 1 is 1.17 bits per heavy atom. The Balaban J connectivity index is 1.37. The molecule has 7 heteroatoms. The predicted molar refractivity (Wildman–Crippen MR) is 125 cm³/mol. The molecule has 1 atom stereocenters. The summed E-state index contributed by atoms with van der Waals surface area (Å²) in [5.41, 5.74) is 1.36. The number of benzene rings is 1. The van der Waals surface area contributed by atoms with Crippen LogP contribution in [0.25, 0.3) is 0 Å². The number of hydrogen-bond acceptors (Lipinski definition) is 4. The number of piperidine rings is 1. The largest absolute Gasteiger partial charge is 0.760 e. The van der Waals surface area contributed by atoms with Gasteiger partial charge in [0, 0.05) is 21.8 Å². The third-order valence-electron chi connectivity index (χ3n) is 6.57. The maximum Gasteiger partial charge on any atom is 0.120 e. The molecule has 1 heterocycles. The Morgan fingerprint density at radius 3 is 2.50 bits per heavy atom. The van der Waals surface area contributed by atoms with E-state index in [2.05, 4.69) is 51.5 Å². The summed E-state index contributed by atoms with van der Waals surface area (Å²) in [4.78, 5) is 2.63. The van der Waals surface area contributed by atoms with Gasteiger partial charge in [-0.3, -0.25) is 4.21 Å². The van der Waals surface area contributed by atoms with Crippen molar-refractivity contribution in [2.24, 2.45) is 11.8 Å². The van der Waals surface area contributed by atoms with Crippen molar-refractivity contribution in [2.45, 2.75) is 77.4 Å². The van der Waals surface area contributed by atoms with Crippen molar-refractivity contribution < 1.29 is 13.5 Å². The Morgan fingerprint density at radius 2 is 1.87 bits per heavy atom. The highest BCUT2D eigenvalue weighted by molar-refractivity contribution is 9.10. The average Bonchev–Trinajstić information content (AvgIpc) is 2.70. The van der Waals surface area contributed by atoms with Gasteiger partial charge in [0.05, 0.1) is 6.10 Å². The molecule has 170 valence electrons. The summed E-state index contributed by atoms with van der Waals surface area (Å²) in [5, 5.41) is 0. The van der Waals surface area contributed by atoms with Gasteiger partial charge in [-0.1, -0.05) is 15.9 Å². The molecule has 1 aliphatic carbocycles. The van der Waals surface area contributed by atoms with Crippen LogP contribution in [0.3, 0.4) is 0 Å². The summed E-state index contributed by atoms with van der Waals surface area (Å²) in [6.45, 7) is 7.70. The zero-order valence-corrected chi connectivity index (χ0v) is 20.7. The fourth-order valence-corrected chi connectivity index (χ4v) is 5.76. The first-order valence-corrected chi connectivity index (χ1v) is 13.3. The molecule has 30 heavy (non-hydrogen) atoms. The van der Waals surface area contributed by atoms with Crippen molar-refractivity contribution in [1.29, 1.82) is 0 Å². The van der Waals surface area contributed by atoms with Gasteiger partial charge in [-0.05, 0) is 120 Å². The summed E-state index contributed by atoms with van der Waals surface area (Å²) < 4.78 is 31.2. The van der Waals surface area contributed by atoms with E-state index < -0.39 is 11.3 Å². The third-order valence-corrected chi connectivity index (χ3v) is 7.87. The van der Waals surface area contributed by atoms with Crippen LogP contribution in [0.2, 0.25) is 0 Å². The molecule has 1 aromatic rings. The summed E-state index contributed by atoms with van der Waals surface area (Å²) in [6, 6.07) is 6.50. The molecule has 1 aromatic carbocycles. The van der Waals surface area contributed by atoms with Gasteiger partial charge in [0.15, 0.2) is 0 Å². The second-order valence-corrected chi connectivity index (χ2v) is 10.8. The first-order valence-electron chi connectivity index (χ1n) is 11.4. The second-order valence-electron chi connectivity index (χ2n) is 9.27. The molecule has 3 rings (SSSR count). The lowest BCUT2D eigenvalue weighted by Crippen LogP contribution is -2.37. The SMILES string of the molecule is CC(C)Oc1ccc(Br)c(CC2CCN(CCC3CCC(NS(=O)[O-])CC3)CC2)c1. The van der Waals surface area contributed by atoms with Gasteiger partial charge in [0.2, 0.25) is 0 Å². The Kier molecular flexibility index (Phi) is 9.63. The number of rotatable bonds is 9. The van der Waals surface area contributed by atoms with E-state index >= 15 is 0 Å². The minimum Gasteiger partial charge on any atom is -0.760 e. The van der Waals surface area contributed by atoms with E-state index in [0.717, 1.165) is 49.7 Å². The molecule has 1 saturated heterocycles. The lowest BCUT2D eigenvalue weighted by Gasteiger charge is -2.34. The van der Waals surface area contributed by atoms with Gasteiger partial charge in [-0.15, -0.1) is 0 Å². The van der Waals surface area contributed by atoms with Gasteiger partial charge >= 0.3 is 0 Å². The topological polar surface area (TPSA) is 64.6 Å². The predicted octanol–water partition coefficient (Wildman–Crippen LogP) is 4.82. The van der Waals surface area contributed by atoms with E-state index in [1.165, 1.54) is 48.9 Å². The fraction of sp³-hybridized carbons (Fsp3) is 0.739. The van der Waals surface area contributed by atoms with E-state index in [4.69, 9.17) is 4.74 Å². The second kappa shape index (κ2) is 12.0. The number of likely N-dealkylation sites (tertiary alicyclic amines) is 1. The number of nitrogens with zero attached hydrogens (tertiary/aromatic N) is 1. The third kappa shape index (κ3) is 7.90. The van der Waals surface area contributed by atoms with Crippen LogP contribution in [0.1, 0.15) is 64.4 Å². The molecule has 2 aliphatic rings. The van der Waals surface area contributed by atoms with Crippen molar-refractivity contribution in [3.05, 3.63) is 28.2 Å². The lowest BCUT2D eigenvalue weighted by molar-refractivity contribution is 0.164. The van der Waals surface area contributed by atoms with E-state index in [1.54, 1.807) is 0 Å². The molecule has 0 bridgehead atoms. The molecule has 0 radical (unpaired) electrons. The van der Waals surface area contributed by atoms with Crippen LogP contribution >= 0.6 is 15.9 Å². The smallest absolute Gasteiger partial charge is 0.120 e. The van der Waals surface area contributed by atoms with E-state index in [1.807, 2.05) is 6.07 Å². The highest BCUT2D eigenvalue weighted by Crippen LogP contribution is 2.30. The van der Waals surface area contributed by atoms with Gasteiger partial charge in [0.1, 0.15) is 5.75 Å². The molecule has 0 amide bonds. The van der Waals surface area contributed by atoms with Crippen LogP contribution < -0.4 is 9.46 Å². The first-order chi connectivity index (χ1) is 14.4. The van der Waals surface area contributed by atoms with Gasteiger partial charge in [-0.2, -0.15) is 0 Å². The first kappa shape index (κ1) is 24.2. The zero-order valence-electron chi connectivity index (χ0n) is 18.3. The molecule has 1 aliphatic heterocycles. The molecule has 1 N–H and O–H groups in total. The van der Waals surface area contributed by atoms with Crippen molar-refractivity contribution in [3.63, 3.8) is 0 Å². The molecular weight excluding hydrogens is 464 g/mol.